The lowest BCUT2D eigenvalue weighted by atomic mass is 10.2. The van der Waals surface area contributed by atoms with E-state index in [1.54, 1.807) is 18.2 Å². The van der Waals surface area contributed by atoms with Gasteiger partial charge in [-0.2, -0.15) is 0 Å². The zero-order chi connectivity index (χ0) is 16.8. The predicted octanol–water partition coefficient (Wildman–Crippen LogP) is 2.13. The van der Waals surface area contributed by atoms with Crippen LogP contribution >= 0.6 is 0 Å². The van der Waals surface area contributed by atoms with Gasteiger partial charge in [-0.05, 0) is 35.9 Å². The molecule has 2 aromatic rings. The zero-order valence-corrected chi connectivity index (χ0v) is 12.2. The summed E-state index contributed by atoms with van der Waals surface area (Å²) < 4.78 is 10.2. The van der Waals surface area contributed by atoms with Crippen molar-refractivity contribution in [3.8, 4) is 17.2 Å². The van der Waals surface area contributed by atoms with Crippen LogP contribution in [0.15, 0.2) is 42.5 Å². The Morgan fingerprint density at radius 3 is 2.65 bits per heavy atom. The number of rotatable bonds is 6. The Hall–Kier alpha value is -2.65. The van der Waals surface area contributed by atoms with Gasteiger partial charge in [0.05, 0.1) is 24.7 Å². The smallest absolute Gasteiger partial charge is 0.343 e. The minimum Gasteiger partial charge on any atom is -0.504 e. The van der Waals surface area contributed by atoms with Crippen molar-refractivity contribution in [2.75, 3.05) is 7.11 Å². The molecule has 122 valence electrons. The van der Waals surface area contributed by atoms with Crippen LogP contribution in [-0.2, 0) is 11.4 Å². The van der Waals surface area contributed by atoms with E-state index in [0.717, 1.165) is 0 Å². The maximum atomic E-state index is 12.1. The highest BCUT2D eigenvalue weighted by Gasteiger charge is 2.12. The Balaban J connectivity index is 2.09. The van der Waals surface area contributed by atoms with Gasteiger partial charge in [0.15, 0.2) is 11.5 Å². The summed E-state index contributed by atoms with van der Waals surface area (Å²) in [5, 5.41) is 26.1. The van der Waals surface area contributed by atoms with Crippen molar-refractivity contribution in [2.45, 2.75) is 6.61 Å². The van der Waals surface area contributed by atoms with E-state index in [2.05, 4.69) is 4.84 Å². The van der Waals surface area contributed by atoms with E-state index in [4.69, 9.17) is 19.9 Å². The molecule has 0 fully saturated rings. The van der Waals surface area contributed by atoms with Crippen molar-refractivity contribution in [3.63, 3.8) is 0 Å². The molecule has 0 heterocycles. The average Bonchev–Trinajstić information content (AvgIpc) is 2.53. The molecule has 0 saturated carbocycles. The highest BCUT2D eigenvalue weighted by atomic mass is 17.1. The van der Waals surface area contributed by atoms with E-state index in [0.29, 0.717) is 5.56 Å². The molecule has 0 aliphatic carbocycles. The van der Waals surface area contributed by atoms with Crippen LogP contribution in [0.2, 0.25) is 0 Å². The second kappa shape index (κ2) is 7.56. The number of methoxy groups -OCH3 is 1. The molecule has 8 nitrogen and oxygen atoms in total. The third-order valence-corrected chi connectivity index (χ3v) is 2.87. The Kier molecular flexibility index (Phi) is 5.50. The van der Waals surface area contributed by atoms with Gasteiger partial charge >= 0.3 is 5.97 Å². The molecular weight excluding hydrogens is 306 g/mol. The topological polar surface area (TPSA) is 109 Å². The van der Waals surface area contributed by atoms with Gasteiger partial charge < -0.3 is 14.6 Å². The molecule has 2 aromatic carbocycles. The number of esters is 1. The minimum absolute atomic E-state index is 0.0826. The molecular formula is C15H15NO7. The summed E-state index contributed by atoms with van der Waals surface area (Å²) in [5.41, 5.74) is 0.768. The summed E-state index contributed by atoms with van der Waals surface area (Å²) in [4.78, 5) is 16.6. The molecule has 0 amide bonds. The summed E-state index contributed by atoms with van der Waals surface area (Å²) >= 11 is 0. The van der Waals surface area contributed by atoms with Crippen molar-refractivity contribution in [1.82, 2.24) is 5.39 Å². The summed E-state index contributed by atoms with van der Waals surface area (Å²) in [5.74, 6) is -0.300. The number of ether oxygens (including phenoxy) is 2. The number of hydrogen-bond donors (Lipinski definition) is 3. The van der Waals surface area contributed by atoms with Gasteiger partial charge in [-0.15, -0.1) is 0 Å². The molecule has 0 atom stereocenters. The average molecular weight is 321 g/mol. The lowest BCUT2D eigenvalue weighted by Crippen LogP contribution is -2.14. The molecule has 0 radical (unpaired) electrons. The van der Waals surface area contributed by atoms with Crippen LogP contribution in [0, 0.1) is 0 Å². The maximum absolute atomic E-state index is 12.1. The van der Waals surface area contributed by atoms with Crippen LogP contribution < -0.4 is 9.47 Å². The van der Waals surface area contributed by atoms with Crippen LogP contribution in [-0.4, -0.2) is 34.0 Å². The lowest BCUT2D eigenvalue weighted by Gasteiger charge is -2.09. The van der Waals surface area contributed by atoms with Gasteiger partial charge in [0.25, 0.3) is 0 Å². The van der Waals surface area contributed by atoms with Gasteiger partial charge in [-0.1, -0.05) is 12.1 Å². The number of phenolic OH excluding ortho intramolecular Hbond substituents is 1. The van der Waals surface area contributed by atoms with E-state index in [-0.39, 0.29) is 29.4 Å². The van der Waals surface area contributed by atoms with Crippen LogP contribution in [0.1, 0.15) is 15.9 Å². The Morgan fingerprint density at radius 2 is 1.96 bits per heavy atom. The maximum Gasteiger partial charge on any atom is 0.343 e. The molecule has 23 heavy (non-hydrogen) atoms. The van der Waals surface area contributed by atoms with Gasteiger partial charge in [0.1, 0.15) is 5.75 Å². The fourth-order valence-electron chi connectivity index (χ4n) is 1.80. The van der Waals surface area contributed by atoms with Crippen molar-refractivity contribution < 1.29 is 34.6 Å². The molecule has 0 unspecified atom stereocenters. The highest BCUT2D eigenvalue weighted by molar-refractivity contribution is 5.91. The minimum atomic E-state index is -0.632. The zero-order valence-electron chi connectivity index (χ0n) is 12.2. The first kappa shape index (κ1) is 16.7. The van der Waals surface area contributed by atoms with Gasteiger partial charge in [0, 0.05) is 0 Å². The van der Waals surface area contributed by atoms with Crippen molar-refractivity contribution in [2.24, 2.45) is 0 Å². The van der Waals surface area contributed by atoms with Crippen molar-refractivity contribution in [3.05, 3.63) is 53.6 Å². The fraction of sp³-hybridized carbons (Fsp3) is 0.133. The summed E-state index contributed by atoms with van der Waals surface area (Å²) in [6.07, 6.45) is 0. The molecule has 3 N–H and O–H groups in total. The number of carbonyl (C=O) groups is 1. The molecule has 0 aromatic heterocycles. The molecule has 8 heteroatoms. The summed E-state index contributed by atoms with van der Waals surface area (Å²) in [6, 6.07) is 10.5. The second-order valence-corrected chi connectivity index (χ2v) is 4.45. The number of phenols is 1. The Bertz CT molecular complexity index is 687. The summed E-state index contributed by atoms with van der Waals surface area (Å²) in [7, 11) is 1.37. The van der Waals surface area contributed by atoms with E-state index in [9.17, 15) is 9.90 Å². The van der Waals surface area contributed by atoms with Crippen LogP contribution in [0.4, 0.5) is 0 Å². The molecule has 0 spiro atoms. The van der Waals surface area contributed by atoms with Gasteiger partial charge in [0.2, 0.25) is 0 Å². The largest absolute Gasteiger partial charge is 0.504 e. The second-order valence-electron chi connectivity index (χ2n) is 4.45. The number of hydrogen-bond acceptors (Lipinski definition) is 8. The third-order valence-electron chi connectivity index (χ3n) is 2.87. The first-order chi connectivity index (χ1) is 11.0. The highest BCUT2D eigenvalue weighted by Crippen LogP contribution is 2.27. The molecule has 0 bridgehead atoms. The summed E-state index contributed by atoms with van der Waals surface area (Å²) in [6.45, 7) is -0.120. The number of carbonyl (C=O) groups excluding carboxylic acids is 1. The van der Waals surface area contributed by atoms with Crippen LogP contribution in [0.5, 0.6) is 17.2 Å². The van der Waals surface area contributed by atoms with Gasteiger partial charge in [-0.3, -0.25) is 10.4 Å². The van der Waals surface area contributed by atoms with E-state index in [1.165, 1.54) is 31.4 Å². The Morgan fingerprint density at radius 1 is 1.17 bits per heavy atom. The Labute approximate surface area is 131 Å². The monoisotopic (exact) mass is 321 g/mol. The lowest BCUT2D eigenvalue weighted by molar-refractivity contribution is -0.497. The van der Waals surface area contributed by atoms with Crippen molar-refractivity contribution >= 4 is 5.97 Å². The third kappa shape index (κ3) is 4.66. The molecule has 0 saturated heterocycles. The van der Waals surface area contributed by atoms with Crippen LogP contribution in [0.3, 0.4) is 0 Å². The van der Waals surface area contributed by atoms with Gasteiger partial charge in [-0.25, -0.2) is 9.63 Å². The first-order valence-electron chi connectivity index (χ1n) is 6.48. The quantitative estimate of drug-likeness (QED) is 0.422. The number of benzene rings is 2. The normalized spacial score (nSPS) is 10.6. The first-order valence-corrected chi connectivity index (χ1v) is 6.48. The standard InChI is InChI=1S/C15H15NO7/c1-21-14-8-11(5-6-13(14)17)15(18)23-12-4-2-3-10(7-12)9-22-16(19)20/h2-8,17,19-20H,9H2,1H3. The number of nitrogens with zero attached hydrogens (tertiary/aromatic N) is 1. The van der Waals surface area contributed by atoms with E-state index < -0.39 is 11.4 Å². The van der Waals surface area contributed by atoms with Crippen molar-refractivity contribution in [1.29, 1.82) is 0 Å². The SMILES string of the molecule is COc1cc(C(=O)Oc2cccc(CON(O)O)c2)ccc1O. The van der Waals surface area contributed by atoms with Crippen LogP contribution in [0.25, 0.3) is 0 Å². The molecule has 0 aliphatic rings. The predicted molar refractivity (Wildman–Crippen MR) is 76.3 cm³/mol. The van der Waals surface area contributed by atoms with E-state index >= 15 is 0 Å². The van der Waals surface area contributed by atoms with E-state index in [1.807, 2.05) is 0 Å². The molecule has 0 aliphatic heterocycles. The number of aromatic hydroxyl groups is 1. The molecule has 2 rings (SSSR count). The fourth-order valence-corrected chi connectivity index (χ4v) is 1.80.